The van der Waals surface area contributed by atoms with Gasteiger partial charge in [-0.25, -0.2) is 0 Å². The molecule has 0 aromatic heterocycles. The summed E-state index contributed by atoms with van der Waals surface area (Å²) in [4.78, 5) is 0. The van der Waals surface area contributed by atoms with Gasteiger partial charge >= 0.3 is 0 Å². The zero-order valence-electron chi connectivity index (χ0n) is 10.8. The Morgan fingerprint density at radius 2 is 2.28 bits per heavy atom. The van der Waals surface area contributed by atoms with E-state index in [-0.39, 0.29) is 0 Å². The molecule has 2 N–H and O–H groups in total. The quantitative estimate of drug-likeness (QED) is 0.794. The first-order valence-corrected chi connectivity index (χ1v) is 6.29. The summed E-state index contributed by atoms with van der Waals surface area (Å²) >= 11 is 0. The average molecular weight is 251 g/mol. The van der Waals surface area contributed by atoms with Crippen molar-refractivity contribution in [3.05, 3.63) is 35.4 Å². The van der Waals surface area contributed by atoms with E-state index in [1.807, 2.05) is 12.1 Å². The lowest BCUT2D eigenvalue weighted by Gasteiger charge is -2.20. The molecule has 0 amide bonds. The standard InChI is InChI=1S/C14H21NO3/c1-17-9-13-4-2-3-12(7-13)8-15-10-14(16)5-6-18-11-14/h2-4,7,15-16H,5-6,8-11H2,1H3. The largest absolute Gasteiger partial charge is 0.386 e. The molecule has 1 fully saturated rings. The van der Waals surface area contributed by atoms with Crippen LogP contribution in [-0.2, 0) is 22.6 Å². The highest BCUT2D eigenvalue weighted by atomic mass is 16.5. The van der Waals surface area contributed by atoms with Crippen LogP contribution >= 0.6 is 0 Å². The maximum Gasteiger partial charge on any atom is 0.102 e. The van der Waals surface area contributed by atoms with Gasteiger partial charge in [-0.05, 0) is 11.1 Å². The minimum atomic E-state index is -0.690. The van der Waals surface area contributed by atoms with Crippen LogP contribution in [0.4, 0.5) is 0 Å². The summed E-state index contributed by atoms with van der Waals surface area (Å²) in [6.07, 6.45) is 0.712. The SMILES string of the molecule is COCc1cccc(CNCC2(O)CCOC2)c1. The fourth-order valence-corrected chi connectivity index (χ4v) is 2.17. The van der Waals surface area contributed by atoms with E-state index in [2.05, 4.69) is 17.4 Å². The molecule has 1 aromatic rings. The molecule has 1 atom stereocenters. The Morgan fingerprint density at radius 1 is 1.44 bits per heavy atom. The van der Waals surface area contributed by atoms with Crippen molar-refractivity contribution >= 4 is 0 Å². The Hall–Kier alpha value is -0.940. The lowest BCUT2D eigenvalue weighted by molar-refractivity contribution is 0.0268. The average Bonchev–Trinajstić information content (AvgIpc) is 2.77. The Kier molecular flexibility index (Phi) is 4.72. The predicted octanol–water partition coefficient (Wildman–Crippen LogP) is 1.07. The van der Waals surface area contributed by atoms with Gasteiger partial charge < -0.3 is 19.9 Å². The second kappa shape index (κ2) is 6.29. The topological polar surface area (TPSA) is 50.7 Å². The fourth-order valence-electron chi connectivity index (χ4n) is 2.17. The van der Waals surface area contributed by atoms with Gasteiger partial charge in [-0.1, -0.05) is 24.3 Å². The summed E-state index contributed by atoms with van der Waals surface area (Å²) in [5.74, 6) is 0. The third-order valence-corrected chi connectivity index (χ3v) is 3.17. The highest BCUT2D eigenvalue weighted by molar-refractivity contribution is 5.22. The summed E-state index contributed by atoms with van der Waals surface area (Å²) in [6.45, 7) is 3.04. The highest BCUT2D eigenvalue weighted by Gasteiger charge is 2.31. The monoisotopic (exact) mass is 251 g/mol. The molecule has 0 aliphatic carbocycles. The van der Waals surface area contributed by atoms with E-state index in [1.165, 1.54) is 11.1 Å². The number of rotatable bonds is 6. The van der Waals surface area contributed by atoms with E-state index in [1.54, 1.807) is 7.11 Å². The third kappa shape index (κ3) is 3.78. The Bertz CT molecular complexity index is 375. The Balaban J connectivity index is 1.80. The van der Waals surface area contributed by atoms with Crippen LogP contribution in [0.5, 0.6) is 0 Å². The van der Waals surface area contributed by atoms with Crippen LogP contribution in [-0.4, -0.2) is 37.6 Å². The lowest BCUT2D eigenvalue weighted by atomic mass is 10.0. The van der Waals surface area contributed by atoms with Crippen molar-refractivity contribution in [1.29, 1.82) is 0 Å². The van der Waals surface area contributed by atoms with Crippen LogP contribution in [0.15, 0.2) is 24.3 Å². The van der Waals surface area contributed by atoms with Gasteiger partial charge in [0.2, 0.25) is 0 Å². The van der Waals surface area contributed by atoms with Crippen LogP contribution in [0.3, 0.4) is 0 Å². The molecule has 0 spiro atoms. The van der Waals surface area contributed by atoms with Gasteiger partial charge in [0, 0.05) is 33.2 Å². The van der Waals surface area contributed by atoms with Crippen molar-refractivity contribution in [3.8, 4) is 0 Å². The van der Waals surface area contributed by atoms with E-state index >= 15 is 0 Å². The molecule has 4 nitrogen and oxygen atoms in total. The molecule has 18 heavy (non-hydrogen) atoms. The van der Waals surface area contributed by atoms with Crippen LogP contribution in [0.25, 0.3) is 0 Å². The van der Waals surface area contributed by atoms with E-state index in [0.717, 1.165) is 6.54 Å². The predicted molar refractivity (Wildman–Crippen MR) is 69.2 cm³/mol. The van der Waals surface area contributed by atoms with Crippen molar-refractivity contribution in [3.63, 3.8) is 0 Å². The molecule has 1 heterocycles. The van der Waals surface area contributed by atoms with Crippen molar-refractivity contribution in [1.82, 2.24) is 5.32 Å². The lowest BCUT2D eigenvalue weighted by Crippen LogP contribution is -2.40. The van der Waals surface area contributed by atoms with Gasteiger partial charge in [-0.2, -0.15) is 0 Å². The minimum absolute atomic E-state index is 0.434. The number of hydrogen-bond donors (Lipinski definition) is 2. The molecule has 1 aliphatic rings. The summed E-state index contributed by atoms with van der Waals surface area (Å²) in [5, 5.41) is 13.4. The van der Waals surface area contributed by atoms with Gasteiger partial charge in [-0.15, -0.1) is 0 Å². The Morgan fingerprint density at radius 3 is 3.00 bits per heavy atom. The van der Waals surface area contributed by atoms with Crippen LogP contribution in [0, 0.1) is 0 Å². The van der Waals surface area contributed by atoms with Crippen molar-refractivity contribution in [2.45, 2.75) is 25.2 Å². The van der Waals surface area contributed by atoms with Gasteiger partial charge in [0.25, 0.3) is 0 Å². The van der Waals surface area contributed by atoms with E-state index in [0.29, 0.717) is 32.8 Å². The summed E-state index contributed by atoms with van der Waals surface area (Å²) in [5.41, 5.74) is 1.68. The molecule has 4 heteroatoms. The van der Waals surface area contributed by atoms with Crippen LogP contribution in [0.1, 0.15) is 17.5 Å². The van der Waals surface area contributed by atoms with E-state index in [4.69, 9.17) is 9.47 Å². The molecule has 1 aliphatic heterocycles. The number of hydrogen-bond acceptors (Lipinski definition) is 4. The summed E-state index contributed by atoms with van der Waals surface area (Å²) < 4.78 is 10.3. The summed E-state index contributed by atoms with van der Waals surface area (Å²) in [7, 11) is 1.69. The molecule has 0 bridgehead atoms. The molecule has 0 saturated carbocycles. The van der Waals surface area contributed by atoms with E-state index < -0.39 is 5.60 Å². The molecular formula is C14H21NO3. The number of aliphatic hydroxyl groups is 1. The Labute approximate surface area is 108 Å². The fraction of sp³-hybridized carbons (Fsp3) is 0.571. The highest BCUT2D eigenvalue weighted by Crippen LogP contribution is 2.17. The van der Waals surface area contributed by atoms with Crippen molar-refractivity contribution in [2.24, 2.45) is 0 Å². The number of nitrogens with one attached hydrogen (secondary N) is 1. The minimum Gasteiger partial charge on any atom is -0.386 e. The third-order valence-electron chi connectivity index (χ3n) is 3.17. The molecule has 2 rings (SSSR count). The zero-order chi connectivity index (χ0) is 12.8. The normalized spacial score (nSPS) is 23.4. The zero-order valence-corrected chi connectivity index (χ0v) is 10.8. The molecule has 1 aromatic carbocycles. The molecule has 1 saturated heterocycles. The molecule has 100 valence electrons. The van der Waals surface area contributed by atoms with Crippen LogP contribution < -0.4 is 5.32 Å². The van der Waals surface area contributed by atoms with Gasteiger partial charge in [0.15, 0.2) is 0 Å². The van der Waals surface area contributed by atoms with Gasteiger partial charge in [0.1, 0.15) is 5.60 Å². The first-order chi connectivity index (χ1) is 8.72. The molecule has 1 unspecified atom stereocenters. The second-order valence-electron chi connectivity index (χ2n) is 4.88. The van der Waals surface area contributed by atoms with Crippen LogP contribution in [0.2, 0.25) is 0 Å². The first-order valence-electron chi connectivity index (χ1n) is 6.29. The van der Waals surface area contributed by atoms with Crippen molar-refractivity contribution in [2.75, 3.05) is 26.9 Å². The van der Waals surface area contributed by atoms with Crippen molar-refractivity contribution < 1.29 is 14.6 Å². The number of methoxy groups -OCH3 is 1. The number of ether oxygens (including phenoxy) is 2. The maximum absolute atomic E-state index is 10.1. The number of benzene rings is 1. The maximum atomic E-state index is 10.1. The smallest absolute Gasteiger partial charge is 0.102 e. The van der Waals surface area contributed by atoms with E-state index in [9.17, 15) is 5.11 Å². The second-order valence-corrected chi connectivity index (χ2v) is 4.88. The van der Waals surface area contributed by atoms with Gasteiger partial charge in [-0.3, -0.25) is 0 Å². The van der Waals surface area contributed by atoms with Gasteiger partial charge in [0.05, 0.1) is 13.2 Å². The summed E-state index contributed by atoms with van der Waals surface area (Å²) in [6, 6.07) is 8.26. The first kappa shape index (κ1) is 13.5. The molecular weight excluding hydrogens is 230 g/mol. The molecule has 0 radical (unpaired) electrons.